The summed E-state index contributed by atoms with van der Waals surface area (Å²) < 4.78 is 45.5. The van der Waals surface area contributed by atoms with Crippen molar-refractivity contribution >= 4 is 26.7 Å². The molecule has 0 spiro atoms. The summed E-state index contributed by atoms with van der Waals surface area (Å²) in [6.45, 7) is 0.416. The summed E-state index contributed by atoms with van der Waals surface area (Å²) in [6.07, 6.45) is 0. The molecule has 3 aromatic carbocycles. The van der Waals surface area contributed by atoms with Crippen LogP contribution in [0.1, 0.15) is 0 Å². The third-order valence-electron chi connectivity index (χ3n) is 4.78. The first kappa shape index (κ1) is 21.7. The molecular formula is C23H21FN4O3S. The fraction of sp³-hybridized carbons (Fsp3) is 0.130. The average molecular weight is 453 g/mol. The average Bonchev–Trinajstić information content (AvgIpc) is 2.82. The van der Waals surface area contributed by atoms with E-state index in [0.717, 1.165) is 34.3 Å². The largest absolute Gasteiger partial charge is 0.497 e. The smallest absolute Gasteiger partial charge is 0.240 e. The third kappa shape index (κ3) is 4.84. The summed E-state index contributed by atoms with van der Waals surface area (Å²) in [5.41, 5.74) is 1.60. The number of hydrogen-bond donors (Lipinski definition) is 2. The molecule has 0 aliphatic heterocycles. The molecule has 4 aromatic rings. The predicted octanol–water partition coefficient (Wildman–Crippen LogP) is 3.83. The SMILES string of the molecule is COc1ccc(-c2nc(NCCNS(=O)(=O)c3ccc(F)cc3)c3ccccc3n2)cc1. The standard InChI is InChI=1S/C23H21FN4O3S/c1-31-18-10-6-16(7-11-18)22-27-21-5-3-2-4-20(21)23(28-22)25-14-15-26-32(29,30)19-12-8-17(24)9-13-19/h2-13,26H,14-15H2,1H3,(H,25,27,28). The molecule has 1 heterocycles. The molecule has 32 heavy (non-hydrogen) atoms. The van der Waals surface area contributed by atoms with Crippen LogP contribution in [0.3, 0.4) is 0 Å². The lowest BCUT2D eigenvalue weighted by Crippen LogP contribution is -2.29. The van der Waals surface area contributed by atoms with Gasteiger partial charge in [0.2, 0.25) is 10.0 Å². The van der Waals surface area contributed by atoms with Crippen molar-refractivity contribution in [2.75, 3.05) is 25.5 Å². The van der Waals surface area contributed by atoms with Gasteiger partial charge in [0.15, 0.2) is 5.82 Å². The van der Waals surface area contributed by atoms with E-state index in [4.69, 9.17) is 4.74 Å². The van der Waals surface area contributed by atoms with E-state index in [9.17, 15) is 12.8 Å². The van der Waals surface area contributed by atoms with Crippen molar-refractivity contribution < 1.29 is 17.5 Å². The summed E-state index contributed by atoms with van der Waals surface area (Å²) in [6, 6.07) is 19.7. The van der Waals surface area contributed by atoms with Crippen molar-refractivity contribution in [1.82, 2.24) is 14.7 Å². The first-order valence-electron chi connectivity index (χ1n) is 9.86. The van der Waals surface area contributed by atoms with Crippen LogP contribution in [0.15, 0.2) is 77.7 Å². The first-order chi connectivity index (χ1) is 15.5. The molecule has 0 unspecified atom stereocenters. The second kappa shape index (κ2) is 9.29. The number of aromatic nitrogens is 2. The maximum atomic E-state index is 13.0. The maximum Gasteiger partial charge on any atom is 0.240 e. The number of sulfonamides is 1. The van der Waals surface area contributed by atoms with Crippen molar-refractivity contribution in [2.24, 2.45) is 0 Å². The Morgan fingerprint density at radius 3 is 2.34 bits per heavy atom. The van der Waals surface area contributed by atoms with Gasteiger partial charge in [-0.05, 0) is 60.7 Å². The maximum absolute atomic E-state index is 13.0. The first-order valence-corrected chi connectivity index (χ1v) is 11.3. The molecule has 9 heteroatoms. The Hall–Kier alpha value is -3.56. The lowest BCUT2D eigenvalue weighted by Gasteiger charge is -2.12. The van der Waals surface area contributed by atoms with Gasteiger partial charge in [-0.3, -0.25) is 0 Å². The van der Waals surface area contributed by atoms with Crippen LogP contribution in [0, 0.1) is 5.82 Å². The van der Waals surface area contributed by atoms with E-state index >= 15 is 0 Å². The zero-order valence-electron chi connectivity index (χ0n) is 17.2. The number of halogens is 1. The van der Waals surface area contributed by atoms with Crippen LogP contribution in [0.4, 0.5) is 10.2 Å². The molecule has 0 atom stereocenters. The van der Waals surface area contributed by atoms with Gasteiger partial charge >= 0.3 is 0 Å². The van der Waals surface area contributed by atoms with Crippen molar-refractivity contribution in [3.63, 3.8) is 0 Å². The number of fused-ring (bicyclic) bond motifs is 1. The van der Waals surface area contributed by atoms with E-state index in [0.29, 0.717) is 18.2 Å². The van der Waals surface area contributed by atoms with Crippen LogP contribution in [-0.4, -0.2) is 38.6 Å². The monoisotopic (exact) mass is 452 g/mol. The molecule has 0 radical (unpaired) electrons. The third-order valence-corrected chi connectivity index (χ3v) is 6.26. The zero-order chi connectivity index (χ0) is 22.6. The molecule has 0 aliphatic rings. The van der Waals surface area contributed by atoms with Gasteiger partial charge in [-0.2, -0.15) is 0 Å². The van der Waals surface area contributed by atoms with E-state index in [-0.39, 0.29) is 11.4 Å². The van der Waals surface area contributed by atoms with Crippen LogP contribution >= 0.6 is 0 Å². The summed E-state index contributed by atoms with van der Waals surface area (Å²) in [7, 11) is -2.13. The minimum atomic E-state index is -3.73. The molecule has 164 valence electrons. The molecule has 0 bridgehead atoms. The molecule has 1 aromatic heterocycles. The minimum Gasteiger partial charge on any atom is -0.497 e. The Bertz CT molecular complexity index is 1330. The topological polar surface area (TPSA) is 93.2 Å². The van der Waals surface area contributed by atoms with Gasteiger partial charge in [0.1, 0.15) is 17.4 Å². The molecule has 0 amide bonds. The highest BCUT2D eigenvalue weighted by Crippen LogP contribution is 2.26. The molecule has 2 N–H and O–H groups in total. The fourth-order valence-corrected chi connectivity index (χ4v) is 4.18. The van der Waals surface area contributed by atoms with Gasteiger partial charge in [0, 0.05) is 24.0 Å². The highest BCUT2D eigenvalue weighted by Gasteiger charge is 2.14. The fourth-order valence-electron chi connectivity index (χ4n) is 3.14. The lowest BCUT2D eigenvalue weighted by molar-refractivity contribution is 0.415. The van der Waals surface area contributed by atoms with Crippen molar-refractivity contribution in [2.45, 2.75) is 4.90 Å². The van der Waals surface area contributed by atoms with E-state index in [2.05, 4.69) is 20.0 Å². The highest BCUT2D eigenvalue weighted by molar-refractivity contribution is 7.89. The second-order valence-corrected chi connectivity index (χ2v) is 8.69. The molecule has 7 nitrogen and oxygen atoms in total. The van der Waals surface area contributed by atoms with Gasteiger partial charge in [-0.25, -0.2) is 27.5 Å². The van der Waals surface area contributed by atoms with Gasteiger partial charge < -0.3 is 10.1 Å². The van der Waals surface area contributed by atoms with Gasteiger partial charge in [-0.15, -0.1) is 0 Å². The molecule has 0 fully saturated rings. The Kier molecular flexibility index (Phi) is 6.29. The van der Waals surface area contributed by atoms with Crippen LogP contribution in [-0.2, 0) is 10.0 Å². The Labute approximate surface area is 185 Å². The van der Waals surface area contributed by atoms with E-state index in [1.165, 1.54) is 12.1 Å². The highest BCUT2D eigenvalue weighted by atomic mass is 32.2. The van der Waals surface area contributed by atoms with Gasteiger partial charge in [0.25, 0.3) is 0 Å². The summed E-state index contributed by atoms with van der Waals surface area (Å²) in [4.78, 5) is 9.30. The molecule has 0 saturated carbocycles. The Balaban J connectivity index is 1.51. The van der Waals surface area contributed by atoms with E-state index < -0.39 is 15.8 Å². The van der Waals surface area contributed by atoms with Crippen molar-refractivity contribution in [3.8, 4) is 17.1 Å². The van der Waals surface area contributed by atoms with Crippen LogP contribution in [0.2, 0.25) is 0 Å². The summed E-state index contributed by atoms with van der Waals surface area (Å²) in [5.74, 6) is 1.39. The predicted molar refractivity (Wildman–Crippen MR) is 122 cm³/mol. The number of methoxy groups -OCH3 is 1. The molecule has 4 rings (SSSR count). The van der Waals surface area contributed by atoms with Crippen molar-refractivity contribution in [3.05, 3.63) is 78.6 Å². The zero-order valence-corrected chi connectivity index (χ0v) is 18.1. The van der Waals surface area contributed by atoms with E-state index in [1.807, 2.05) is 48.5 Å². The summed E-state index contributed by atoms with van der Waals surface area (Å²) in [5, 5.41) is 4.02. The van der Waals surface area contributed by atoms with Crippen LogP contribution in [0.5, 0.6) is 5.75 Å². The molecule has 0 saturated heterocycles. The van der Waals surface area contributed by atoms with Crippen molar-refractivity contribution in [1.29, 1.82) is 0 Å². The number of rotatable bonds is 8. The number of ether oxygens (including phenoxy) is 1. The Morgan fingerprint density at radius 2 is 1.62 bits per heavy atom. The van der Waals surface area contributed by atoms with Crippen LogP contribution < -0.4 is 14.8 Å². The number of anilines is 1. The number of para-hydroxylation sites is 1. The second-order valence-electron chi connectivity index (χ2n) is 6.92. The number of nitrogens with zero attached hydrogens (tertiary/aromatic N) is 2. The quantitative estimate of drug-likeness (QED) is 0.395. The number of nitrogens with one attached hydrogen (secondary N) is 2. The summed E-state index contributed by atoms with van der Waals surface area (Å²) >= 11 is 0. The van der Waals surface area contributed by atoms with Crippen LogP contribution in [0.25, 0.3) is 22.3 Å². The molecular weight excluding hydrogens is 431 g/mol. The van der Waals surface area contributed by atoms with Gasteiger partial charge in [0.05, 0.1) is 17.5 Å². The normalized spacial score (nSPS) is 11.4. The Morgan fingerprint density at radius 1 is 0.906 bits per heavy atom. The minimum absolute atomic E-state index is 0.00757. The molecule has 0 aliphatic carbocycles. The number of benzene rings is 3. The lowest BCUT2D eigenvalue weighted by atomic mass is 10.1. The number of hydrogen-bond acceptors (Lipinski definition) is 6. The van der Waals surface area contributed by atoms with Gasteiger partial charge in [-0.1, -0.05) is 12.1 Å². The van der Waals surface area contributed by atoms with E-state index in [1.54, 1.807) is 7.11 Å².